The summed E-state index contributed by atoms with van der Waals surface area (Å²) < 4.78 is 31.1. The van der Waals surface area contributed by atoms with Crippen LogP contribution in [0.5, 0.6) is 11.5 Å². The van der Waals surface area contributed by atoms with Crippen LogP contribution in [0.4, 0.5) is 0 Å². The van der Waals surface area contributed by atoms with Gasteiger partial charge in [0, 0.05) is 37.1 Å². The van der Waals surface area contributed by atoms with E-state index in [1.807, 2.05) is 0 Å². The summed E-state index contributed by atoms with van der Waals surface area (Å²) in [7, 11) is -3.29. The third-order valence-electron chi connectivity index (χ3n) is 5.31. The number of piperidine rings is 1. The highest BCUT2D eigenvalue weighted by atomic mass is 35.5. The Labute approximate surface area is 189 Å². The molecular weight excluding hydrogens is 461 g/mol. The molecule has 1 unspecified atom stereocenters. The number of hydrogen-bond acceptors (Lipinski definition) is 7. The molecule has 1 fully saturated rings. The van der Waals surface area contributed by atoms with Crippen LogP contribution in [0.2, 0.25) is 5.02 Å². The van der Waals surface area contributed by atoms with Crippen molar-refractivity contribution in [2.24, 2.45) is 0 Å². The molecule has 1 aliphatic rings. The molecule has 1 aliphatic heterocycles. The molecule has 0 aliphatic carbocycles. The summed E-state index contributed by atoms with van der Waals surface area (Å²) in [6, 6.07) is 8.71. The molecule has 4 N–H and O–H groups in total. The minimum Gasteiger partial charge on any atom is -0.507 e. The molecule has 3 aromatic rings. The first kappa shape index (κ1) is 21.5. The highest BCUT2D eigenvalue weighted by Crippen LogP contribution is 2.47. The molecule has 4 rings (SSSR count). The molecule has 170 valence electrons. The van der Waals surface area contributed by atoms with Crippen LogP contribution in [-0.2, 0) is 9.09 Å². The molecule has 1 saturated heterocycles. The fourth-order valence-corrected chi connectivity index (χ4v) is 4.74. The van der Waals surface area contributed by atoms with E-state index >= 15 is 0 Å². The number of phosphoric ester groups is 1. The summed E-state index contributed by atoms with van der Waals surface area (Å²) in [6.45, 7) is 0.239. The molecule has 0 saturated carbocycles. The largest absolute Gasteiger partial charge is 0.507 e. The number of benzene rings is 2. The van der Waals surface area contributed by atoms with Crippen molar-refractivity contribution in [2.45, 2.75) is 18.4 Å². The van der Waals surface area contributed by atoms with Crippen LogP contribution in [0.1, 0.15) is 19.2 Å². The Morgan fingerprint density at radius 3 is 2.66 bits per heavy atom. The number of nitrogens with zero attached hydrogens (tertiary/aromatic N) is 1. The van der Waals surface area contributed by atoms with Crippen molar-refractivity contribution in [1.82, 2.24) is 4.90 Å². The molecule has 0 bridgehead atoms. The first-order chi connectivity index (χ1) is 15.5. The maximum absolute atomic E-state index is 12.9. The maximum atomic E-state index is 12.9. The van der Waals surface area contributed by atoms with Gasteiger partial charge in [0.15, 0.2) is 5.43 Å². The van der Waals surface area contributed by atoms with E-state index < -0.39 is 43.2 Å². The van der Waals surface area contributed by atoms with Gasteiger partial charge in [0.2, 0.25) is 0 Å². The first-order valence-corrected chi connectivity index (χ1v) is 11.5. The standard InChI is InChI=1S/C21H21ClNO8P/c1-23-7-6-12(18(10-23)31-32(27,28)29)19-14(24)8-15(25)20-16(26)9-17(30-21(19)20)11-4-2-3-5-13(11)22/h2-5,8-9,12,18,24-25H,6-7,10H2,1H3,(H2,27,28,29)/t12?,18-/m1/s1/i6D/t6-,12?,18-. The van der Waals surface area contributed by atoms with E-state index in [1.54, 1.807) is 36.2 Å². The number of phosphoric acid groups is 1. The summed E-state index contributed by atoms with van der Waals surface area (Å²) in [4.78, 5) is 33.4. The number of likely N-dealkylation sites (N-methyl/N-ethyl adjacent to an activating group) is 1. The lowest BCUT2D eigenvalue weighted by Crippen LogP contribution is -2.41. The van der Waals surface area contributed by atoms with Gasteiger partial charge in [0.1, 0.15) is 28.2 Å². The minimum absolute atomic E-state index is 0.0431. The molecule has 0 radical (unpaired) electrons. The number of phenols is 2. The summed E-state index contributed by atoms with van der Waals surface area (Å²) in [5.74, 6) is -2.05. The van der Waals surface area contributed by atoms with E-state index in [4.69, 9.17) is 21.9 Å². The zero-order valence-corrected chi connectivity index (χ0v) is 18.5. The molecule has 1 aromatic heterocycles. The highest BCUT2D eigenvalue weighted by molar-refractivity contribution is 7.46. The van der Waals surface area contributed by atoms with Gasteiger partial charge < -0.3 is 29.3 Å². The predicted molar refractivity (Wildman–Crippen MR) is 118 cm³/mol. The zero-order chi connectivity index (χ0) is 24.1. The molecule has 11 heteroatoms. The van der Waals surface area contributed by atoms with Gasteiger partial charge in [0.25, 0.3) is 0 Å². The van der Waals surface area contributed by atoms with Crippen LogP contribution in [-0.4, -0.2) is 51.1 Å². The number of halogens is 1. The molecule has 9 nitrogen and oxygen atoms in total. The van der Waals surface area contributed by atoms with Gasteiger partial charge in [-0.3, -0.25) is 9.32 Å². The second-order valence-corrected chi connectivity index (χ2v) is 9.20. The van der Waals surface area contributed by atoms with Gasteiger partial charge in [-0.2, -0.15) is 0 Å². The van der Waals surface area contributed by atoms with Crippen LogP contribution in [0, 0.1) is 0 Å². The minimum atomic E-state index is -4.95. The van der Waals surface area contributed by atoms with E-state index in [-0.39, 0.29) is 35.4 Å². The van der Waals surface area contributed by atoms with Crippen molar-refractivity contribution in [1.29, 1.82) is 0 Å². The van der Waals surface area contributed by atoms with Crippen LogP contribution >= 0.6 is 19.4 Å². The Morgan fingerprint density at radius 1 is 1.25 bits per heavy atom. The van der Waals surface area contributed by atoms with Crippen LogP contribution in [0.3, 0.4) is 0 Å². The third-order valence-corrected chi connectivity index (χ3v) is 6.18. The van der Waals surface area contributed by atoms with Gasteiger partial charge in [0.05, 0.1) is 11.1 Å². The number of likely N-dealkylation sites (tertiary alicyclic amines) is 1. The Bertz CT molecular complexity index is 1330. The average molecular weight is 483 g/mol. The molecule has 2 aromatic carbocycles. The summed E-state index contributed by atoms with van der Waals surface area (Å²) in [6.07, 6.45) is -2.21. The fraction of sp³-hybridized carbons (Fsp3) is 0.286. The highest BCUT2D eigenvalue weighted by Gasteiger charge is 2.38. The van der Waals surface area contributed by atoms with Crippen molar-refractivity contribution in [3.05, 3.63) is 57.2 Å². The average Bonchev–Trinajstić information content (AvgIpc) is 2.68. The van der Waals surface area contributed by atoms with Gasteiger partial charge in [-0.25, -0.2) is 4.57 Å². The SMILES string of the molecule is [2H][C@@H]1CN(C)C[C@@H](OP(=O)(O)O)C1c1c(O)cc(O)c2c(=O)cc(-c3ccccc3Cl)oc12. The predicted octanol–water partition coefficient (Wildman–Crippen LogP) is 3.42. The third kappa shape index (κ3) is 4.41. The molecule has 2 heterocycles. The van der Waals surface area contributed by atoms with Crippen molar-refractivity contribution >= 4 is 30.4 Å². The smallest absolute Gasteiger partial charge is 0.469 e. The lowest BCUT2D eigenvalue weighted by molar-refractivity contribution is 0.0544. The topological polar surface area (TPSA) is 141 Å². The van der Waals surface area contributed by atoms with Gasteiger partial charge in [-0.15, -0.1) is 0 Å². The number of fused-ring (bicyclic) bond motifs is 1. The quantitative estimate of drug-likeness (QED) is 0.411. The van der Waals surface area contributed by atoms with E-state index in [2.05, 4.69) is 0 Å². The van der Waals surface area contributed by atoms with Crippen LogP contribution < -0.4 is 5.43 Å². The summed E-state index contributed by atoms with van der Waals surface area (Å²) in [5.41, 5.74) is -0.492. The Balaban J connectivity index is 2.01. The van der Waals surface area contributed by atoms with E-state index in [1.165, 1.54) is 0 Å². The van der Waals surface area contributed by atoms with Gasteiger partial charge >= 0.3 is 7.82 Å². The van der Waals surface area contributed by atoms with Crippen molar-refractivity contribution in [3.8, 4) is 22.8 Å². The lowest BCUT2D eigenvalue weighted by Gasteiger charge is -2.36. The fourth-order valence-electron chi connectivity index (χ4n) is 3.96. The summed E-state index contributed by atoms with van der Waals surface area (Å²) in [5, 5.41) is 21.2. The second kappa shape index (κ2) is 8.51. The van der Waals surface area contributed by atoms with E-state index in [0.717, 1.165) is 12.1 Å². The van der Waals surface area contributed by atoms with Crippen molar-refractivity contribution < 1.29 is 34.9 Å². The van der Waals surface area contributed by atoms with Crippen molar-refractivity contribution in [3.63, 3.8) is 0 Å². The normalized spacial score (nSPS) is 22.8. The second-order valence-electron chi connectivity index (χ2n) is 7.60. The number of rotatable bonds is 4. The molecule has 32 heavy (non-hydrogen) atoms. The van der Waals surface area contributed by atoms with Crippen LogP contribution in [0.25, 0.3) is 22.3 Å². The number of phenolic OH excluding ortho intramolecular Hbond substituents is 2. The first-order valence-electron chi connectivity index (χ1n) is 10.2. The maximum Gasteiger partial charge on any atom is 0.469 e. The zero-order valence-electron chi connectivity index (χ0n) is 17.8. The molecule has 0 spiro atoms. The number of hydrogen-bond donors (Lipinski definition) is 4. The molecule has 3 atom stereocenters. The Kier molecular flexibility index (Phi) is 5.71. The Hall–Kier alpha value is -2.39. The molecule has 0 amide bonds. The number of aromatic hydroxyl groups is 2. The Morgan fingerprint density at radius 2 is 1.97 bits per heavy atom. The van der Waals surface area contributed by atoms with Gasteiger partial charge in [-0.1, -0.05) is 23.7 Å². The summed E-state index contributed by atoms with van der Waals surface area (Å²) >= 11 is 6.25. The van der Waals surface area contributed by atoms with Gasteiger partial charge in [-0.05, 0) is 32.1 Å². The van der Waals surface area contributed by atoms with E-state index in [0.29, 0.717) is 10.6 Å². The van der Waals surface area contributed by atoms with E-state index in [9.17, 15) is 29.4 Å². The monoisotopic (exact) mass is 482 g/mol. The van der Waals surface area contributed by atoms with Crippen molar-refractivity contribution in [2.75, 3.05) is 20.1 Å². The van der Waals surface area contributed by atoms with Crippen LogP contribution in [0.15, 0.2) is 45.6 Å². The molecular formula is C21H21ClNO8P. The lowest BCUT2D eigenvalue weighted by atomic mass is 9.85.